The molecule has 3 aromatic heterocycles. The van der Waals surface area contributed by atoms with E-state index in [-0.39, 0.29) is 12.5 Å². The normalized spacial score (nSPS) is 13.7. The lowest BCUT2D eigenvalue weighted by Crippen LogP contribution is -2.30. The molecule has 1 fully saturated rings. The Bertz CT molecular complexity index is 1310. The second-order valence-corrected chi connectivity index (χ2v) is 9.03. The summed E-state index contributed by atoms with van der Waals surface area (Å²) in [7, 11) is 0. The number of anilines is 1. The van der Waals surface area contributed by atoms with Crippen molar-refractivity contribution in [3.8, 4) is 5.69 Å². The quantitative estimate of drug-likeness (QED) is 0.423. The molecule has 4 aromatic rings. The van der Waals surface area contributed by atoms with E-state index >= 15 is 0 Å². The van der Waals surface area contributed by atoms with Crippen molar-refractivity contribution in [3.05, 3.63) is 76.5 Å². The van der Waals surface area contributed by atoms with Gasteiger partial charge in [0, 0.05) is 36.5 Å². The molecule has 5 rings (SSSR count). The molecule has 35 heavy (non-hydrogen) atoms. The molecule has 1 amide bonds. The van der Waals surface area contributed by atoms with Crippen LogP contribution in [0.5, 0.6) is 0 Å². The third kappa shape index (κ3) is 5.32. The first kappa shape index (κ1) is 23.0. The van der Waals surface area contributed by atoms with Gasteiger partial charge in [0.2, 0.25) is 0 Å². The van der Waals surface area contributed by atoms with Crippen LogP contribution in [0.1, 0.15) is 46.4 Å². The summed E-state index contributed by atoms with van der Waals surface area (Å²) in [5.41, 5.74) is 4.07. The van der Waals surface area contributed by atoms with Crippen molar-refractivity contribution in [2.24, 2.45) is 0 Å². The minimum Gasteiger partial charge on any atom is -0.357 e. The van der Waals surface area contributed by atoms with E-state index in [4.69, 9.17) is 16.6 Å². The Balaban J connectivity index is 1.23. The maximum Gasteiger partial charge on any atom is 0.254 e. The van der Waals surface area contributed by atoms with Gasteiger partial charge in [-0.25, -0.2) is 9.67 Å². The van der Waals surface area contributed by atoms with Gasteiger partial charge in [0.1, 0.15) is 12.1 Å². The number of aromatic nitrogens is 7. The summed E-state index contributed by atoms with van der Waals surface area (Å²) >= 11 is 6.16. The van der Waals surface area contributed by atoms with Gasteiger partial charge < -0.3 is 10.2 Å². The van der Waals surface area contributed by atoms with Crippen molar-refractivity contribution in [2.45, 2.75) is 39.3 Å². The molecule has 1 aromatic carbocycles. The molecule has 10 nitrogen and oxygen atoms in total. The average molecular weight is 492 g/mol. The van der Waals surface area contributed by atoms with Gasteiger partial charge in [-0.05, 0) is 72.0 Å². The van der Waals surface area contributed by atoms with E-state index in [9.17, 15) is 4.79 Å². The standard InChI is InChI=1S/C24H26ClN9O/c1-17-18(5-8-23(29-17)32-9-3-2-4-10-32)14-33-15-20(13-28-33)24(35)26-12-19-11-21(25)6-7-22(19)34-16-27-30-31-34/h5-8,11,13,15-16H,2-4,9-10,12,14H2,1H3,(H,26,35). The summed E-state index contributed by atoms with van der Waals surface area (Å²) in [6.07, 6.45) is 8.54. The van der Waals surface area contributed by atoms with Crippen LogP contribution in [0, 0.1) is 6.92 Å². The van der Waals surface area contributed by atoms with Crippen molar-refractivity contribution in [2.75, 3.05) is 18.0 Å². The summed E-state index contributed by atoms with van der Waals surface area (Å²) in [5, 5.41) is 19.1. The zero-order valence-electron chi connectivity index (χ0n) is 19.4. The molecule has 0 unspecified atom stereocenters. The first-order valence-corrected chi connectivity index (χ1v) is 12.0. The highest BCUT2D eigenvalue weighted by Crippen LogP contribution is 2.21. The number of pyridine rings is 1. The van der Waals surface area contributed by atoms with Crippen LogP contribution in [0.2, 0.25) is 5.02 Å². The summed E-state index contributed by atoms with van der Waals surface area (Å²) in [6, 6.07) is 9.53. The fourth-order valence-electron chi connectivity index (χ4n) is 4.25. The molecular weight excluding hydrogens is 466 g/mol. The Morgan fingerprint density at radius 3 is 2.74 bits per heavy atom. The van der Waals surface area contributed by atoms with Crippen LogP contribution in [-0.2, 0) is 13.1 Å². The van der Waals surface area contributed by atoms with E-state index in [0.29, 0.717) is 17.1 Å². The number of nitrogens with one attached hydrogen (secondary N) is 1. The van der Waals surface area contributed by atoms with E-state index in [0.717, 1.165) is 41.4 Å². The van der Waals surface area contributed by atoms with Crippen molar-refractivity contribution in [1.29, 1.82) is 0 Å². The van der Waals surface area contributed by atoms with Crippen LogP contribution in [0.3, 0.4) is 0 Å². The maximum absolute atomic E-state index is 12.8. The number of benzene rings is 1. The molecule has 0 bridgehead atoms. The number of nitrogens with zero attached hydrogens (tertiary/aromatic N) is 8. The van der Waals surface area contributed by atoms with Crippen molar-refractivity contribution < 1.29 is 4.79 Å². The molecule has 0 aliphatic carbocycles. The molecular formula is C24H26ClN9O. The van der Waals surface area contributed by atoms with Gasteiger partial charge in [-0.1, -0.05) is 17.7 Å². The lowest BCUT2D eigenvalue weighted by atomic mass is 10.1. The zero-order valence-corrected chi connectivity index (χ0v) is 20.2. The number of tetrazole rings is 1. The van der Waals surface area contributed by atoms with Gasteiger partial charge in [-0.3, -0.25) is 9.48 Å². The Kier molecular flexibility index (Phi) is 6.71. The van der Waals surface area contributed by atoms with Crippen LogP contribution < -0.4 is 10.2 Å². The van der Waals surface area contributed by atoms with E-state index < -0.39 is 0 Å². The molecule has 180 valence electrons. The smallest absolute Gasteiger partial charge is 0.254 e. The number of hydrogen-bond donors (Lipinski definition) is 1. The van der Waals surface area contributed by atoms with Gasteiger partial charge in [0.25, 0.3) is 5.91 Å². The number of halogens is 1. The van der Waals surface area contributed by atoms with E-state index in [1.807, 2.05) is 13.0 Å². The van der Waals surface area contributed by atoms with Crippen LogP contribution in [0.25, 0.3) is 5.69 Å². The Labute approximate surface area is 207 Å². The summed E-state index contributed by atoms with van der Waals surface area (Å²) < 4.78 is 3.29. The molecule has 4 heterocycles. The molecule has 11 heteroatoms. The minimum absolute atomic E-state index is 0.228. The summed E-state index contributed by atoms with van der Waals surface area (Å²) in [5.74, 6) is 0.808. The van der Waals surface area contributed by atoms with E-state index in [1.165, 1.54) is 30.3 Å². The van der Waals surface area contributed by atoms with Crippen LogP contribution >= 0.6 is 11.6 Å². The number of carbonyl (C=O) groups is 1. The molecule has 1 aliphatic heterocycles. The molecule has 1 N–H and O–H groups in total. The highest BCUT2D eigenvalue weighted by Gasteiger charge is 2.15. The second kappa shape index (κ2) is 10.2. The first-order valence-electron chi connectivity index (χ1n) is 11.6. The molecule has 0 saturated carbocycles. The summed E-state index contributed by atoms with van der Waals surface area (Å²) in [4.78, 5) is 20.0. The van der Waals surface area contributed by atoms with Crippen molar-refractivity contribution in [3.63, 3.8) is 0 Å². The zero-order chi connectivity index (χ0) is 24.2. The maximum atomic E-state index is 12.8. The lowest BCUT2D eigenvalue weighted by Gasteiger charge is -2.28. The van der Waals surface area contributed by atoms with E-state index in [2.05, 4.69) is 43.0 Å². The highest BCUT2D eigenvalue weighted by atomic mass is 35.5. The molecule has 0 spiro atoms. The number of rotatable bonds is 7. The van der Waals surface area contributed by atoms with Gasteiger partial charge in [-0.2, -0.15) is 5.10 Å². The fraction of sp³-hybridized carbons (Fsp3) is 0.333. The van der Waals surface area contributed by atoms with Crippen LogP contribution in [-0.4, -0.2) is 54.0 Å². The van der Waals surface area contributed by atoms with E-state index in [1.54, 1.807) is 29.2 Å². The van der Waals surface area contributed by atoms with Gasteiger partial charge >= 0.3 is 0 Å². The van der Waals surface area contributed by atoms with Crippen molar-refractivity contribution in [1.82, 2.24) is 40.3 Å². The van der Waals surface area contributed by atoms with Gasteiger partial charge in [0.05, 0.1) is 24.0 Å². The number of piperidine rings is 1. The fourth-order valence-corrected chi connectivity index (χ4v) is 4.45. The SMILES string of the molecule is Cc1nc(N2CCCCC2)ccc1Cn1cc(C(=O)NCc2cc(Cl)ccc2-n2cnnn2)cn1. The molecule has 0 atom stereocenters. The number of amides is 1. The second-order valence-electron chi connectivity index (χ2n) is 8.60. The Morgan fingerprint density at radius 1 is 1.11 bits per heavy atom. The number of hydrogen-bond acceptors (Lipinski definition) is 7. The first-order chi connectivity index (χ1) is 17.1. The number of aryl methyl sites for hydroxylation is 1. The summed E-state index contributed by atoms with van der Waals surface area (Å²) in [6.45, 7) is 4.96. The predicted molar refractivity (Wildman–Crippen MR) is 132 cm³/mol. The largest absolute Gasteiger partial charge is 0.357 e. The Morgan fingerprint density at radius 2 is 1.97 bits per heavy atom. The lowest BCUT2D eigenvalue weighted by molar-refractivity contribution is 0.0951. The Hall–Kier alpha value is -3.79. The van der Waals surface area contributed by atoms with Crippen molar-refractivity contribution >= 4 is 23.3 Å². The molecule has 1 saturated heterocycles. The monoisotopic (exact) mass is 491 g/mol. The molecule has 1 aliphatic rings. The topological polar surface area (TPSA) is 107 Å². The highest BCUT2D eigenvalue weighted by molar-refractivity contribution is 6.30. The van der Waals surface area contributed by atoms with Gasteiger partial charge in [0.15, 0.2) is 0 Å². The average Bonchev–Trinajstić information content (AvgIpc) is 3.57. The third-order valence-corrected chi connectivity index (χ3v) is 6.40. The van der Waals surface area contributed by atoms with Crippen LogP contribution in [0.15, 0.2) is 49.1 Å². The third-order valence-electron chi connectivity index (χ3n) is 6.17. The van der Waals surface area contributed by atoms with Crippen LogP contribution in [0.4, 0.5) is 5.82 Å². The molecule has 0 radical (unpaired) electrons. The van der Waals surface area contributed by atoms with Gasteiger partial charge in [-0.15, -0.1) is 5.10 Å². The minimum atomic E-state index is -0.228. The predicted octanol–water partition coefficient (Wildman–Crippen LogP) is 3.18. The number of carbonyl (C=O) groups excluding carboxylic acids is 1.